The van der Waals surface area contributed by atoms with E-state index in [0.29, 0.717) is 18.4 Å². The average Bonchev–Trinajstić information content (AvgIpc) is 2.80. The number of unbranched alkanes of at least 4 members (excludes halogenated alkanes) is 1. The minimum Gasteiger partial charge on any atom is -0.488 e. The Morgan fingerprint density at radius 2 is 1.29 bits per heavy atom. The molecular weight excluding hydrogens is 459 g/mol. The molecule has 0 atom stereocenters. The summed E-state index contributed by atoms with van der Waals surface area (Å²) in [6, 6.07) is 8.36. The smallest absolute Gasteiger partial charge is 0.190 e. The highest BCUT2D eigenvalue weighted by atomic mass is 19.1. The van der Waals surface area contributed by atoms with Crippen LogP contribution < -0.4 is 4.74 Å². The van der Waals surface area contributed by atoms with Crippen LogP contribution in [0.1, 0.15) is 60.9 Å². The summed E-state index contributed by atoms with van der Waals surface area (Å²) in [6.07, 6.45) is 2.78. The van der Waals surface area contributed by atoms with E-state index >= 15 is 0 Å². The molecule has 3 rings (SSSR count). The molecule has 0 aliphatic rings. The lowest BCUT2D eigenvalue weighted by Crippen LogP contribution is -2.01. The largest absolute Gasteiger partial charge is 0.488 e. The highest BCUT2D eigenvalue weighted by Crippen LogP contribution is 2.23. The number of benzene rings is 3. The third-order valence-corrected chi connectivity index (χ3v) is 5.03. The molecule has 0 spiro atoms. The van der Waals surface area contributed by atoms with Crippen molar-refractivity contribution in [1.29, 1.82) is 0 Å². The third kappa shape index (κ3) is 6.87. The Morgan fingerprint density at radius 1 is 0.657 bits per heavy atom. The van der Waals surface area contributed by atoms with E-state index < -0.39 is 34.8 Å². The SMILES string of the molecule is CCCCOc1c(F)cc(C#Cc2ccc(C#Cc3c(F)cc(CCC)cc3F)cc2F)cc1F. The molecule has 0 heterocycles. The molecule has 35 heavy (non-hydrogen) atoms. The summed E-state index contributed by atoms with van der Waals surface area (Å²) in [5.74, 6) is 5.48. The zero-order valence-electron chi connectivity index (χ0n) is 19.4. The van der Waals surface area contributed by atoms with Crippen molar-refractivity contribution < 1.29 is 26.7 Å². The van der Waals surface area contributed by atoms with Crippen LogP contribution in [0.25, 0.3) is 0 Å². The quantitative estimate of drug-likeness (QED) is 0.203. The van der Waals surface area contributed by atoms with Crippen LogP contribution in [0, 0.1) is 52.8 Å². The van der Waals surface area contributed by atoms with Gasteiger partial charge in [-0.3, -0.25) is 0 Å². The summed E-state index contributed by atoms with van der Waals surface area (Å²) in [6.45, 7) is 4.03. The van der Waals surface area contributed by atoms with E-state index in [0.717, 1.165) is 31.0 Å². The Morgan fingerprint density at radius 3 is 1.89 bits per heavy atom. The summed E-state index contributed by atoms with van der Waals surface area (Å²) in [7, 11) is 0. The van der Waals surface area contributed by atoms with Gasteiger partial charge in [-0.25, -0.2) is 22.0 Å². The second-order valence-corrected chi connectivity index (χ2v) is 7.85. The van der Waals surface area contributed by atoms with Gasteiger partial charge in [0, 0.05) is 11.1 Å². The normalized spacial score (nSPS) is 10.3. The molecule has 3 aromatic rings. The molecule has 0 amide bonds. The van der Waals surface area contributed by atoms with Crippen LogP contribution in [-0.4, -0.2) is 6.61 Å². The van der Waals surface area contributed by atoms with Crippen molar-refractivity contribution in [2.45, 2.75) is 39.5 Å². The molecule has 0 aromatic heterocycles. The molecule has 0 aliphatic heterocycles. The summed E-state index contributed by atoms with van der Waals surface area (Å²) in [5, 5.41) is 0. The first-order chi connectivity index (χ1) is 16.8. The van der Waals surface area contributed by atoms with E-state index in [1.165, 1.54) is 24.3 Å². The van der Waals surface area contributed by atoms with E-state index in [1.54, 1.807) is 0 Å². The van der Waals surface area contributed by atoms with Crippen molar-refractivity contribution in [3.05, 3.63) is 99.4 Å². The van der Waals surface area contributed by atoms with Gasteiger partial charge in [-0.1, -0.05) is 50.4 Å². The maximum absolute atomic E-state index is 14.5. The minimum absolute atomic E-state index is 0.0172. The highest BCUT2D eigenvalue weighted by molar-refractivity contribution is 5.50. The van der Waals surface area contributed by atoms with Gasteiger partial charge in [-0.15, -0.1) is 0 Å². The van der Waals surface area contributed by atoms with Gasteiger partial charge in [0.05, 0.1) is 17.7 Å². The lowest BCUT2D eigenvalue weighted by atomic mass is 10.1. The van der Waals surface area contributed by atoms with Crippen LogP contribution in [-0.2, 0) is 6.42 Å². The first-order valence-electron chi connectivity index (χ1n) is 11.3. The lowest BCUT2D eigenvalue weighted by Gasteiger charge is -2.08. The lowest BCUT2D eigenvalue weighted by molar-refractivity contribution is 0.278. The molecule has 6 heteroatoms. The molecule has 0 saturated heterocycles. The molecule has 0 saturated carbocycles. The molecule has 0 radical (unpaired) electrons. The molecule has 0 unspecified atom stereocenters. The summed E-state index contributed by atoms with van der Waals surface area (Å²) < 4.78 is 76.3. The fourth-order valence-corrected chi connectivity index (χ4v) is 3.23. The van der Waals surface area contributed by atoms with Crippen LogP contribution in [0.3, 0.4) is 0 Å². The van der Waals surface area contributed by atoms with Gasteiger partial charge in [0.15, 0.2) is 17.4 Å². The van der Waals surface area contributed by atoms with Crippen LogP contribution in [0.4, 0.5) is 22.0 Å². The Hall–Kier alpha value is -3.77. The molecule has 0 bridgehead atoms. The molecule has 0 aliphatic carbocycles. The minimum atomic E-state index is -0.890. The van der Waals surface area contributed by atoms with E-state index in [4.69, 9.17) is 4.74 Å². The van der Waals surface area contributed by atoms with E-state index in [2.05, 4.69) is 23.7 Å². The van der Waals surface area contributed by atoms with Gasteiger partial charge in [0.2, 0.25) is 0 Å². The topological polar surface area (TPSA) is 9.23 Å². The van der Waals surface area contributed by atoms with Gasteiger partial charge in [0.1, 0.15) is 17.5 Å². The van der Waals surface area contributed by atoms with E-state index in [1.807, 2.05) is 13.8 Å². The molecule has 0 fully saturated rings. The number of aryl methyl sites for hydroxylation is 1. The predicted molar refractivity (Wildman–Crippen MR) is 125 cm³/mol. The molecular formula is C29H23F5O. The van der Waals surface area contributed by atoms with Crippen LogP contribution >= 0.6 is 0 Å². The number of rotatable bonds is 6. The van der Waals surface area contributed by atoms with Crippen LogP contribution in [0.2, 0.25) is 0 Å². The summed E-state index contributed by atoms with van der Waals surface area (Å²) in [4.78, 5) is 0. The van der Waals surface area contributed by atoms with Gasteiger partial charge in [-0.05, 0) is 60.9 Å². The zero-order valence-corrected chi connectivity index (χ0v) is 19.4. The summed E-state index contributed by atoms with van der Waals surface area (Å²) in [5.41, 5.74) is 0.334. The molecule has 0 N–H and O–H groups in total. The first kappa shape index (κ1) is 25.8. The van der Waals surface area contributed by atoms with Crippen molar-refractivity contribution in [3.63, 3.8) is 0 Å². The first-order valence-corrected chi connectivity index (χ1v) is 11.3. The highest BCUT2D eigenvalue weighted by Gasteiger charge is 2.12. The van der Waals surface area contributed by atoms with Crippen LogP contribution in [0.15, 0.2) is 42.5 Å². The van der Waals surface area contributed by atoms with Crippen molar-refractivity contribution >= 4 is 0 Å². The number of ether oxygens (including phenoxy) is 1. The maximum Gasteiger partial charge on any atom is 0.190 e. The van der Waals surface area contributed by atoms with Gasteiger partial charge in [0.25, 0.3) is 0 Å². The van der Waals surface area contributed by atoms with Crippen molar-refractivity contribution in [2.24, 2.45) is 0 Å². The number of halogens is 5. The number of hydrogen-bond donors (Lipinski definition) is 0. The molecule has 180 valence electrons. The third-order valence-electron chi connectivity index (χ3n) is 5.03. The predicted octanol–water partition coefficient (Wildman–Crippen LogP) is 7.31. The molecule has 1 nitrogen and oxygen atoms in total. The molecule has 3 aromatic carbocycles. The fourth-order valence-electron chi connectivity index (χ4n) is 3.23. The second-order valence-electron chi connectivity index (χ2n) is 7.85. The number of hydrogen-bond acceptors (Lipinski definition) is 1. The van der Waals surface area contributed by atoms with E-state index in [-0.39, 0.29) is 28.9 Å². The van der Waals surface area contributed by atoms with E-state index in [9.17, 15) is 22.0 Å². The zero-order chi connectivity index (χ0) is 25.4. The average molecular weight is 482 g/mol. The Bertz CT molecular complexity index is 1290. The Balaban J connectivity index is 1.79. The fraction of sp³-hybridized carbons (Fsp3) is 0.241. The van der Waals surface area contributed by atoms with Gasteiger partial charge < -0.3 is 4.74 Å². The monoisotopic (exact) mass is 482 g/mol. The standard InChI is InChI=1S/C29H23F5O/c1-3-5-13-35-29-27(33)17-21(18-28(29)34)8-11-22-10-7-19(14-24(22)30)9-12-23-25(31)15-20(6-4-2)16-26(23)32/h7,10,14-18H,3-6,13H2,1-2H3. The Labute approximate surface area is 201 Å². The van der Waals surface area contributed by atoms with Crippen molar-refractivity contribution in [1.82, 2.24) is 0 Å². The van der Waals surface area contributed by atoms with Gasteiger partial charge in [-0.2, -0.15) is 0 Å². The van der Waals surface area contributed by atoms with Crippen molar-refractivity contribution in [2.75, 3.05) is 6.61 Å². The van der Waals surface area contributed by atoms with Gasteiger partial charge >= 0.3 is 0 Å². The maximum atomic E-state index is 14.5. The van der Waals surface area contributed by atoms with Crippen LogP contribution in [0.5, 0.6) is 5.75 Å². The second kappa shape index (κ2) is 12.1. The Kier molecular flexibility index (Phi) is 8.92. The van der Waals surface area contributed by atoms with Crippen molar-refractivity contribution in [3.8, 4) is 29.4 Å². The summed E-state index contributed by atoms with van der Waals surface area (Å²) >= 11 is 0.